The number of nitro benzene ring substituents is 1. The Kier molecular flexibility index (Phi) is 7.54. The summed E-state index contributed by atoms with van der Waals surface area (Å²) in [7, 11) is 0. The second-order valence-corrected chi connectivity index (χ2v) is 6.52. The number of nitrogens with one attached hydrogen (secondary N) is 1. The molecule has 0 spiro atoms. The molecule has 0 unspecified atom stereocenters. The molecule has 27 heavy (non-hydrogen) atoms. The van der Waals surface area contributed by atoms with Crippen LogP contribution in [0.4, 0.5) is 11.4 Å². The first-order chi connectivity index (χ1) is 12.9. The Balaban J connectivity index is 1.78. The van der Waals surface area contributed by atoms with Crippen molar-refractivity contribution >= 4 is 23.3 Å². The van der Waals surface area contributed by atoms with E-state index in [4.69, 9.17) is 5.11 Å². The Labute approximate surface area is 158 Å². The summed E-state index contributed by atoms with van der Waals surface area (Å²) < 4.78 is 0. The van der Waals surface area contributed by atoms with E-state index in [1.165, 1.54) is 6.07 Å². The van der Waals surface area contributed by atoms with E-state index in [1.807, 2.05) is 11.8 Å². The van der Waals surface area contributed by atoms with Crippen molar-refractivity contribution in [3.63, 3.8) is 0 Å². The van der Waals surface area contributed by atoms with Gasteiger partial charge in [0.2, 0.25) is 5.91 Å². The van der Waals surface area contributed by atoms with Gasteiger partial charge in [0.25, 0.3) is 5.69 Å². The van der Waals surface area contributed by atoms with Crippen LogP contribution in [0.1, 0.15) is 26.2 Å². The third kappa shape index (κ3) is 5.92. The van der Waals surface area contributed by atoms with Crippen LogP contribution in [0.2, 0.25) is 0 Å². The van der Waals surface area contributed by atoms with Gasteiger partial charge in [-0.15, -0.1) is 0 Å². The van der Waals surface area contributed by atoms with Crippen LogP contribution in [0.3, 0.4) is 0 Å². The molecule has 1 aromatic rings. The molecule has 1 saturated heterocycles. The second kappa shape index (κ2) is 9.86. The molecule has 1 amide bonds. The number of nitro groups is 1. The highest BCUT2D eigenvalue weighted by Crippen LogP contribution is 2.23. The lowest BCUT2D eigenvalue weighted by molar-refractivity contribution is -0.384. The maximum Gasteiger partial charge on any atom is 0.317 e. The average Bonchev–Trinajstić information content (AvgIpc) is 2.66. The van der Waals surface area contributed by atoms with E-state index in [-0.39, 0.29) is 30.6 Å². The quantitative estimate of drug-likeness (QED) is 0.497. The van der Waals surface area contributed by atoms with E-state index < -0.39 is 10.9 Å². The minimum Gasteiger partial charge on any atom is -0.480 e. The van der Waals surface area contributed by atoms with Crippen molar-refractivity contribution in [2.75, 3.05) is 38.0 Å². The number of amides is 1. The van der Waals surface area contributed by atoms with Gasteiger partial charge in [-0.05, 0) is 25.5 Å². The third-order valence-electron chi connectivity index (χ3n) is 4.83. The summed E-state index contributed by atoms with van der Waals surface area (Å²) in [5, 5.41) is 22.9. The van der Waals surface area contributed by atoms with Crippen LogP contribution in [-0.2, 0) is 9.59 Å². The van der Waals surface area contributed by atoms with Crippen molar-refractivity contribution in [2.24, 2.45) is 0 Å². The number of piperidine rings is 1. The number of likely N-dealkylation sites (tertiary alicyclic amines) is 1. The topological polar surface area (TPSA) is 116 Å². The summed E-state index contributed by atoms with van der Waals surface area (Å²) in [6.45, 7) is 4.16. The smallest absolute Gasteiger partial charge is 0.317 e. The van der Waals surface area contributed by atoms with Crippen LogP contribution in [0.15, 0.2) is 24.3 Å². The fourth-order valence-corrected chi connectivity index (χ4v) is 3.40. The maximum atomic E-state index is 12.4. The molecule has 0 bridgehead atoms. The lowest BCUT2D eigenvalue weighted by Crippen LogP contribution is -2.48. The Morgan fingerprint density at radius 1 is 1.33 bits per heavy atom. The molecule has 0 aliphatic carbocycles. The molecule has 0 radical (unpaired) electrons. The summed E-state index contributed by atoms with van der Waals surface area (Å²) in [5.41, 5.74) is 0.394. The first kappa shape index (κ1) is 20.6. The number of carbonyl (C=O) groups excluding carboxylic acids is 1. The summed E-state index contributed by atoms with van der Waals surface area (Å²) in [6, 6.07) is 6.53. The largest absolute Gasteiger partial charge is 0.480 e. The standard InChI is InChI=1S/C18H26N4O5/c1-2-20(13-18(24)25)14-8-11-21(12-9-14)17(23)7-10-19-15-5-3-4-6-16(15)22(26)27/h3-6,14,19H,2,7-13H2,1H3,(H,24,25). The average molecular weight is 378 g/mol. The van der Waals surface area contributed by atoms with Crippen LogP contribution >= 0.6 is 0 Å². The molecular weight excluding hydrogens is 352 g/mol. The SMILES string of the molecule is CCN(CC(=O)O)C1CCN(C(=O)CCNc2ccccc2[N+](=O)[O-])CC1. The molecule has 148 valence electrons. The molecule has 1 aliphatic rings. The summed E-state index contributed by atoms with van der Waals surface area (Å²) in [6.07, 6.45) is 1.76. The van der Waals surface area contributed by atoms with Crippen molar-refractivity contribution in [3.05, 3.63) is 34.4 Å². The van der Waals surface area contributed by atoms with E-state index in [2.05, 4.69) is 5.32 Å². The molecule has 1 fully saturated rings. The van der Waals surface area contributed by atoms with Gasteiger partial charge in [-0.3, -0.25) is 24.6 Å². The van der Waals surface area contributed by atoms with Gasteiger partial charge in [0, 0.05) is 38.2 Å². The number of benzene rings is 1. The fraction of sp³-hybridized carbons (Fsp3) is 0.556. The molecule has 0 atom stereocenters. The number of carboxylic acids is 1. The van der Waals surface area contributed by atoms with Gasteiger partial charge >= 0.3 is 5.97 Å². The number of likely N-dealkylation sites (N-methyl/N-ethyl adjacent to an activating group) is 1. The molecule has 9 heteroatoms. The molecule has 0 aromatic heterocycles. The predicted molar refractivity (Wildman–Crippen MR) is 101 cm³/mol. The molecule has 2 rings (SSSR count). The Bertz CT molecular complexity index is 673. The fourth-order valence-electron chi connectivity index (χ4n) is 3.40. The number of aliphatic carboxylic acids is 1. The summed E-state index contributed by atoms with van der Waals surface area (Å²) in [5.74, 6) is -0.836. The number of hydrogen-bond acceptors (Lipinski definition) is 6. The molecule has 1 aliphatic heterocycles. The normalized spacial score (nSPS) is 15.0. The van der Waals surface area contributed by atoms with Crippen LogP contribution < -0.4 is 5.32 Å². The van der Waals surface area contributed by atoms with Gasteiger partial charge in [-0.2, -0.15) is 0 Å². The highest BCUT2D eigenvalue weighted by atomic mass is 16.6. The Morgan fingerprint density at radius 3 is 2.59 bits per heavy atom. The maximum absolute atomic E-state index is 12.4. The molecule has 2 N–H and O–H groups in total. The van der Waals surface area contributed by atoms with Gasteiger partial charge in [-0.1, -0.05) is 19.1 Å². The number of para-hydroxylation sites is 2. The van der Waals surface area contributed by atoms with Crippen molar-refractivity contribution < 1.29 is 19.6 Å². The number of carboxylic acid groups (broad SMARTS) is 1. The molecular formula is C18H26N4O5. The van der Waals surface area contributed by atoms with Crippen molar-refractivity contribution in [1.82, 2.24) is 9.80 Å². The van der Waals surface area contributed by atoms with Gasteiger partial charge in [-0.25, -0.2) is 0 Å². The van der Waals surface area contributed by atoms with Gasteiger partial charge in [0.1, 0.15) is 5.69 Å². The minimum absolute atomic E-state index is 0.000757. The number of anilines is 1. The highest BCUT2D eigenvalue weighted by Gasteiger charge is 2.27. The van der Waals surface area contributed by atoms with Crippen LogP contribution in [-0.4, -0.2) is 70.5 Å². The first-order valence-electron chi connectivity index (χ1n) is 9.13. The zero-order valence-corrected chi connectivity index (χ0v) is 15.5. The van der Waals surface area contributed by atoms with Gasteiger partial charge < -0.3 is 15.3 Å². The summed E-state index contributed by atoms with van der Waals surface area (Å²) in [4.78, 5) is 37.6. The van der Waals surface area contributed by atoms with Crippen molar-refractivity contribution in [1.29, 1.82) is 0 Å². The summed E-state index contributed by atoms with van der Waals surface area (Å²) >= 11 is 0. The van der Waals surface area contributed by atoms with Gasteiger partial charge in [0.05, 0.1) is 11.5 Å². The number of hydrogen-bond donors (Lipinski definition) is 2. The molecule has 1 heterocycles. The minimum atomic E-state index is -0.837. The lowest BCUT2D eigenvalue weighted by Gasteiger charge is -2.37. The van der Waals surface area contributed by atoms with Crippen molar-refractivity contribution in [3.8, 4) is 0 Å². The zero-order valence-electron chi connectivity index (χ0n) is 15.5. The molecule has 0 saturated carbocycles. The van der Waals surface area contributed by atoms with E-state index in [0.29, 0.717) is 31.9 Å². The van der Waals surface area contributed by atoms with E-state index in [0.717, 1.165) is 12.8 Å². The number of rotatable bonds is 9. The third-order valence-corrected chi connectivity index (χ3v) is 4.83. The Morgan fingerprint density at radius 2 is 2.00 bits per heavy atom. The zero-order chi connectivity index (χ0) is 19.8. The van der Waals surface area contributed by atoms with Crippen molar-refractivity contribution in [2.45, 2.75) is 32.2 Å². The van der Waals surface area contributed by atoms with Crippen LogP contribution in [0.5, 0.6) is 0 Å². The highest BCUT2D eigenvalue weighted by molar-refractivity contribution is 5.77. The van der Waals surface area contributed by atoms with E-state index in [9.17, 15) is 19.7 Å². The Hall–Kier alpha value is -2.68. The van der Waals surface area contributed by atoms with E-state index >= 15 is 0 Å². The number of nitrogens with zero attached hydrogens (tertiary/aromatic N) is 3. The monoisotopic (exact) mass is 378 g/mol. The van der Waals surface area contributed by atoms with Crippen LogP contribution in [0.25, 0.3) is 0 Å². The second-order valence-electron chi connectivity index (χ2n) is 6.52. The molecule has 1 aromatic carbocycles. The lowest BCUT2D eigenvalue weighted by atomic mass is 10.0. The van der Waals surface area contributed by atoms with Crippen LogP contribution in [0, 0.1) is 10.1 Å². The van der Waals surface area contributed by atoms with Gasteiger partial charge in [0.15, 0.2) is 0 Å². The van der Waals surface area contributed by atoms with E-state index in [1.54, 1.807) is 23.1 Å². The molecule has 9 nitrogen and oxygen atoms in total. The number of carbonyl (C=O) groups is 2. The predicted octanol–water partition coefficient (Wildman–Crippen LogP) is 1.79. The first-order valence-corrected chi connectivity index (χ1v) is 9.13.